The number of H-pyrrole nitrogens is 1. The predicted octanol–water partition coefficient (Wildman–Crippen LogP) is 6.62. The lowest BCUT2D eigenvalue weighted by Crippen LogP contribution is -2.30. The quantitative estimate of drug-likeness (QED) is 0.208. The van der Waals surface area contributed by atoms with Crippen molar-refractivity contribution < 1.29 is 27.3 Å². The second kappa shape index (κ2) is 11.9. The fraction of sp³-hybridized carbons (Fsp3) is 0.286. The molecule has 0 radical (unpaired) electrons. The topological polar surface area (TPSA) is 112 Å². The van der Waals surface area contributed by atoms with E-state index in [1.54, 1.807) is 29.2 Å². The number of carbonyl (C=O) groups excluding carboxylic acids is 2. The molecule has 0 bridgehead atoms. The predicted molar refractivity (Wildman–Crippen MR) is 170 cm³/mol. The van der Waals surface area contributed by atoms with Crippen LogP contribution in [-0.2, 0) is 12.8 Å². The molecule has 244 valence electrons. The minimum atomic E-state index is -0.962. The van der Waals surface area contributed by atoms with E-state index in [1.807, 2.05) is 4.90 Å². The van der Waals surface area contributed by atoms with Crippen LogP contribution in [0.2, 0.25) is 0 Å². The van der Waals surface area contributed by atoms with Crippen LogP contribution >= 0.6 is 11.3 Å². The van der Waals surface area contributed by atoms with E-state index < -0.39 is 23.4 Å². The molecule has 0 spiro atoms. The third kappa shape index (κ3) is 5.13. The van der Waals surface area contributed by atoms with Gasteiger partial charge in [0.2, 0.25) is 0 Å². The highest BCUT2D eigenvalue weighted by Crippen LogP contribution is 2.49. The minimum Gasteiger partial charge on any atom is -0.331 e. The van der Waals surface area contributed by atoms with Crippen LogP contribution in [0.15, 0.2) is 63.9 Å². The van der Waals surface area contributed by atoms with Crippen molar-refractivity contribution >= 4 is 23.2 Å². The summed E-state index contributed by atoms with van der Waals surface area (Å²) >= 11 is 1.20. The lowest BCUT2D eigenvalue weighted by atomic mass is 9.93. The number of thiophene rings is 1. The van der Waals surface area contributed by atoms with Crippen molar-refractivity contribution in [2.24, 2.45) is 0 Å². The molecule has 5 aromatic rings. The van der Waals surface area contributed by atoms with Gasteiger partial charge in [-0.25, -0.2) is 18.0 Å². The van der Waals surface area contributed by atoms with E-state index >= 15 is 0 Å². The van der Waals surface area contributed by atoms with Gasteiger partial charge < -0.3 is 9.80 Å². The number of pyridine rings is 1. The Hall–Kier alpha value is -5.04. The van der Waals surface area contributed by atoms with Crippen LogP contribution in [0.1, 0.15) is 80.3 Å². The van der Waals surface area contributed by atoms with Gasteiger partial charge >= 0.3 is 5.76 Å². The number of carbonyl (C=O) groups is 2. The molecule has 0 saturated carbocycles. The zero-order valence-electron chi connectivity index (χ0n) is 25.5. The van der Waals surface area contributed by atoms with Crippen molar-refractivity contribution in [3.05, 3.63) is 116 Å². The third-order valence-electron chi connectivity index (χ3n) is 9.49. The van der Waals surface area contributed by atoms with Gasteiger partial charge in [0.15, 0.2) is 17.5 Å². The molecule has 2 atom stereocenters. The van der Waals surface area contributed by atoms with Gasteiger partial charge in [0, 0.05) is 23.5 Å². The zero-order chi connectivity index (χ0) is 33.1. The molecule has 3 aliphatic rings. The van der Waals surface area contributed by atoms with Crippen molar-refractivity contribution in [2.75, 3.05) is 13.1 Å². The molecule has 13 heteroatoms. The maximum atomic E-state index is 14.1. The fourth-order valence-electron chi connectivity index (χ4n) is 7.29. The number of hydrogen-bond acceptors (Lipinski definition) is 7. The zero-order valence-corrected chi connectivity index (χ0v) is 26.3. The van der Waals surface area contributed by atoms with Crippen LogP contribution in [0.4, 0.5) is 13.2 Å². The first-order valence-electron chi connectivity index (χ1n) is 15.8. The van der Waals surface area contributed by atoms with Crippen molar-refractivity contribution in [2.45, 2.75) is 50.6 Å². The van der Waals surface area contributed by atoms with Gasteiger partial charge in [0.05, 0.1) is 39.5 Å². The standard InChI is InChI=1S/C35H28F3N5O4S/c36-20-9-5-18(6-10-20)7-12-23-28(32-40-35(46)47-41-32)29(30-31(39-23)25-4-2-16-43(25)34(30)45)26-13-14-27(48-26)33(44)42-15-1-3-24(42)19-8-11-21(37)22(38)17-19/h5-6,8-11,13-14,17,24-25H,1-4,7,12,15-16H2,(H,40,41,46). The highest BCUT2D eigenvalue weighted by atomic mass is 32.1. The van der Waals surface area contributed by atoms with Crippen LogP contribution in [0.5, 0.6) is 0 Å². The van der Waals surface area contributed by atoms with Crippen molar-refractivity contribution in [3.63, 3.8) is 0 Å². The van der Waals surface area contributed by atoms with Gasteiger partial charge in [-0.3, -0.25) is 24.1 Å². The number of nitrogens with one attached hydrogen (secondary N) is 1. The Morgan fingerprint density at radius 1 is 0.896 bits per heavy atom. The SMILES string of the molecule is O=C(c1ccc(-c2c3c(nc(CCc4ccc(F)cc4)c2-c2noc(=O)[nH]2)C2CCCN2C3=O)s1)N1CCCC1c1ccc(F)c(F)c1. The molecule has 3 aromatic heterocycles. The van der Waals surface area contributed by atoms with E-state index in [9.17, 15) is 27.6 Å². The molecule has 48 heavy (non-hydrogen) atoms. The van der Waals surface area contributed by atoms with Crippen LogP contribution in [0.25, 0.3) is 21.8 Å². The largest absolute Gasteiger partial charge is 0.439 e. The van der Waals surface area contributed by atoms with Gasteiger partial charge in [-0.15, -0.1) is 11.3 Å². The van der Waals surface area contributed by atoms with Crippen molar-refractivity contribution in [3.8, 4) is 21.8 Å². The first-order chi connectivity index (χ1) is 23.3. The van der Waals surface area contributed by atoms with Gasteiger partial charge in [-0.2, -0.15) is 0 Å². The number of amides is 2. The lowest BCUT2D eigenvalue weighted by molar-refractivity contribution is 0.0738. The molecule has 2 aromatic carbocycles. The summed E-state index contributed by atoms with van der Waals surface area (Å²) in [6.45, 7) is 1.04. The van der Waals surface area contributed by atoms with Crippen molar-refractivity contribution in [1.29, 1.82) is 0 Å². The normalized spacial score (nSPS) is 18.5. The molecule has 0 aliphatic carbocycles. The summed E-state index contributed by atoms with van der Waals surface area (Å²) in [4.78, 5) is 52.4. The van der Waals surface area contributed by atoms with Gasteiger partial charge in [0.25, 0.3) is 11.8 Å². The van der Waals surface area contributed by atoms with Gasteiger partial charge in [-0.1, -0.05) is 23.4 Å². The fourth-order valence-corrected chi connectivity index (χ4v) is 8.31. The molecule has 8 rings (SSSR count). The number of halogens is 3. The smallest absolute Gasteiger partial charge is 0.331 e. The highest BCUT2D eigenvalue weighted by molar-refractivity contribution is 7.17. The first kappa shape index (κ1) is 30.3. The summed E-state index contributed by atoms with van der Waals surface area (Å²) in [5, 5.41) is 4.00. The summed E-state index contributed by atoms with van der Waals surface area (Å²) in [7, 11) is 0. The summed E-state index contributed by atoms with van der Waals surface area (Å²) in [5.41, 5.74) is 3.99. The number of aryl methyl sites for hydroxylation is 2. The molecule has 2 saturated heterocycles. The molecule has 6 heterocycles. The Kier molecular flexibility index (Phi) is 7.50. The summed E-state index contributed by atoms with van der Waals surface area (Å²) in [6, 6.07) is 12.8. The Bertz CT molecular complexity index is 2140. The number of aromatic amines is 1. The number of likely N-dealkylation sites (tertiary alicyclic amines) is 1. The average molecular weight is 672 g/mol. The molecule has 2 fully saturated rings. The van der Waals surface area contributed by atoms with Gasteiger partial charge in [-0.05, 0) is 86.1 Å². The number of nitrogens with zero attached hydrogens (tertiary/aromatic N) is 4. The molecule has 3 aliphatic heterocycles. The third-order valence-corrected chi connectivity index (χ3v) is 10.6. The molecule has 2 amide bonds. The van der Waals surface area contributed by atoms with Crippen LogP contribution in [0.3, 0.4) is 0 Å². The van der Waals surface area contributed by atoms with E-state index in [0.717, 1.165) is 30.5 Å². The number of benzene rings is 2. The van der Waals surface area contributed by atoms with Gasteiger partial charge in [0.1, 0.15) is 5.82 Å². The monoisotopic (exact) mass is 671 g/mol. The van der Waals surface area contributed by atoms with Crippen LogP contribution in [0, 0.1) is 17.5 Å². The average Bonchev–Trinajstić information content (AvgIpc) is 3.93. The Morgan fingerprint density at radius 2 is 1.69 bits per heavy atom. The van der Waals surface area contributed by atoms with E-state index in [1.165, 1.54) is 29.5 Å². The van der Waals surface area contributed by atoms with E-state index in [2.05, 4.69) is 10.1 Å². The summed E-state index contributed by atoms with van der Waals surface area (Å²) in [5.74, 6) is -3.35. The summed E-state index contributed by atoms with van der Waals surface area (Å²) in [6.07, 6.45) is 3.81. The summed E-state index contributed by atoms with van der Waals surface area (Å²) < 4.78 is 46.3. The Balaban J connectivity index is 1.24. The number of fused-ring (bicyclic) bond motifs is 3. The lowest BCUT2D eigenvalue weighted by Gasteiger charge is -2.24. The molecule has 1 N–H and O–H groups in total. The minimum absolute atomic E-state index is 0.110. The molecular weight excluding hydrogens is 643 g/mol. The molecule has 9 nitrogen and oxygen atoms in total. The van der Waals surface area contributed by atoms with Crippen molar-refractivity contribution in [1.82, 2.24) is 24.9 Å². The number of aromatic nitrogens is 3. The van der Waals surface area contributed by atoms with Crippen LogP contribution < -0.4 is 5.76 Å². The maximum absolute atomic E-state index is 14.1. The Labute approximate surface area is 276 Å². The van der Waals surface area contributed by atoms with E-state index in [4.69, 9.17) is 9.51 Å². The highest BCUT2D eigenvalue weighted by Gasteiger charge is 2.45. The first-order valence-corrected chi connectivity index (χ1v) is 16.6. The molecular formula is C35H28F3N5O4S. The second-order valence-corrected chi connectivity index (χ2v) is 13.4. The van der Waals surface area contributed by atoms with E-state index in [-0.39, 0.29) is 29.5 Å². The molecule has 2 unspecified atom stereocenters. The Morgan fingerprint density at radius 3 is 2.46 bits per heavy atom. The van der Waals surface area contributed by atoms with E-state index in [0.29, 0.717) is 82.2 Å². The second-order valence-electron chi connectivity index (χ2n) is 12.3. The van der Waals surface area contributed by atoms with Crippen LogP contribution in [-0.4, -0.2) is 49.8 Å². The number of hydrogen-bond donors (Lipinski definition) is 1. The number of rotatable bonds is 7. The maximum Gasteiger partial charge on any atom is 0.439 e.